The van der Waals surface area contributed by atoms with E-state index in [1.807, 2.05) is 0 Å². The van der Waals surface area contributed by atoms with Crippen LogP contribution >= 0.6 is 0 Å². The molecule has 1 aliphatic rings. The van der Waals surface area contributed by atoms with Crippen LogP contribution in [0, 0.1) is 0 Å². The summed E-state index contributed by atoms with van der Waals surface area (Å²) in [7, 11) is 0. The van der Waals surface area contributed by atoms with Crippen molar-refractivity contribution in [1.82, 2.24) is 9.13 Å². The summed E-state index contributed by atoms with van der Waals surface area (Å²) in [5, 5.41) is 5.02. The molecule has 0 saturated carbocycles. The first kappa shape index (κ1) is 30.8. The molecule has 8 aromatic carbocycles. The molecule has 1 aliphatic carbocycles. The minimum absolute atomic E-state index is 0.0837. The molecule has 0 unspecified atom stereocenters. The van der Waals surface area contributed by atoms with Gasteiger partial charge < -0.3 is 14.0 Å². The lowest BCUT2D eigenvalue weighted by molar-refractivity contribution is 0.660. The van der Waals surface area contributed by atoms with Gasteiger partial charge in [-0.2, -0.15) is 0 Å². The molecule has 0 saturated heterocycles. The molecule has 0 atom stereocenters. The quantitative estimate of drug-likeness (QED) is 0.175. The van der Waals surface area contributed by atoms with Gasteiger partial charge in [-0.05, 0) is 101 Å². The maximum atomic E-state index is 2.47. The first-order valence-corrected chi connectivity index (χ1v) is 18.8. The second-order valence-electron chi connectivity index (χ2n) is 15.0. The molecule has 2 aromatic heterocycles. The zero-order valence-electron chi connectivity index (χ0n) is 30.2. The van der Waals surface area contributed by atoms with Crippen LogP contribution in [0.5, 0.6) is 0 Å². The van der Waals surface area contributed by atoms with Crippen LogP contribution in [0.25, 0.3) is 66.1 Å². The molecule has 0 amide bonds. The van der Waals surface area contributed by atoms with E-state index in [0.717, 1.165) is 28.4 Å². The fourth-order valence-electron chi connectivity index (χ4n) is 9.24. The third-order valence-electron chi connectivity index (χ3n) is 11.7. The number of rotatable bonds is 5. The maximum Gasteiger partial charge on any atom is 0.0641 e. The number of benzene rings is 8. The van der Waals surface area contributed by atoms with Gasteiger partial charge in [-0.3, -0.25) is 0 Å². The highest BCUT2D eigenvalue weighted by Crippen LogP contribution is 2.51. The average Bonchev–Trinajstić information content (AvgIpc) is 3.82. The number of hydrogen-bond donors (Lipinski definition) is 0. The summed E-state index contributed by atoms with van der Waals surface area (Å²) in [4.78, 5) is 2.39. The molecule has 0 spiro atoms. The summed E-state index contributed by atoms with van der Waals surface area (Å²) >= 11 is 0. The number of hydrogen-bond acceptors (Lipinski definition) is 1. The van der Waals surface area contributed by atoms with E-state index >= 15 is 0 Å². The van der Waals surface area contributed by atoms with E-state index in [-0.39, 0.29) is 5.41 Å². The van der Waals surface area contributed by atoms with Crippen LogP contribution in [0.1, 0.15) is 25.0 Å². The van der Waals surface area contributed by atoms with Crippen LogP contribution in [-0.4, -0.2) is 9.13 Å². The molecule has 0 aliphatic heterocycles. The molecule has 3 nitrogen and oxygen atoms in total. The van der Waals surface area contributed by atoms with Gasteiger partial charge in [-0.1, -0.05) is 123 Å². The van der Waals surface area contributed by atoms with Crippen LogP contribution in [0.3, 0.4) is 0 Å². The number of nitrogens with zero attached hydrogens (tertiary/aromatic N) is 3. The third kappa shape index (κ3) is 4.36. The summed E-state index contributed by atoms with van der Waals surface area (Å²) in [5.41, 5.74) is 15.9. The highest BCUT2D eigenvalue weighted by Gasteiger charge is 2.35. The van der Waals surface area contributed by atoms with Gasteiger partial charge in [0.1, 0.15) is 0 Å². The predicted molar refractivity (Wildman–Crippen MR) is 227 cm³/mol. The highest BCUT2D eigenvalue weighted by molar-refractivity contribution is 6.26. The molecular formula is C51H37N3. The zero-order chi connectivity index (χ0) is 36.0. The largest absolute Gasteiger partial charge is 0.310 e. The van der Waals surface area contributed by atoms with Crippen molar-refractivity contribution in [3.05, 3.63) is 199 Å². The molecule has 2 heterocycles. The van der Waals surface area contributed by atoms with Crippen LogP contribution in [0.4, 0.5) is 17.1 Å². The Morgan fingerprint density at radius 1 is 0.389 bits per heavy atom. The van der Waals surface area contributed by atoms with Crippen molar-refractivity contribution in [3.8, 4) is 22.5 Å². The lowest BCUT2D eigenvalue weighted by Gasteiger charge is -2.28. The number of anilines is 3. The lowest BCUT2D eigenvalue weighted by atomic mass is 9.82. The number of fused-ring (bicyclic) bond motifs is 10. The standard InChI is InChI=1S/C51H37N3/c1-51(2)44-22-12-9-19-39(44)40-30-29-38(33-45(40)51)52(34-15-5-3-6-16-34)36-25-27-37(28-26-36)54-46-23-13-10-20-41(46)42-31-32-48-49(50(42)54)43-21-11-14-24-47(43)53(48)35-17-7-4-8-18-35/h3-33H,1-2H3. The fourth-order valence-corrected chi connectivity index (χ4v) is 9.24. The van der Waals surface area contributed by atoms with Gasteiger partial charge in [0.2, 0.25) is 0 Å². The van der Waals surface area contributed by atoms with E-state index in [2.05, 4.69) is 216 Å². The van der Waals surface area contributed by atoms with Crippen LogP contribution in [-0.2, 0) is 5.41 Å². The minimum Gasteiger partial charge on any atom is -0.310 e. The highest BCUT2D eigenvalue weighted by atomic mass is 15.1. The molecule has 0 N–H and O–H groups in total. The van der Waals surface area contributed by atoms with Gasteiger partial charge in [0.25, 0.3) is 0 Å². The Morgan fingerprint density at radius 3 is 1.74 bits per heavy atom. The molecule has 0 fully saturated rings. The van der Waals surface area contributed by atoms with Gasteiger partial charge in [0.05, 0.1) is 22.1 Å². The smallest absolute Gasteiger partial charge is 0.0641 e. The second-order valence-corrected chi connectivity index (χ2v) is 15.0. The van der Waals surface area contributed by atoms with Crippen molar-refractivity contribution in [2.45, 2.75) is 19.3 Å². The van der Waals surface area contributed by atoms with Gasteiger partial charge in [0.15, 0.2) is 0 Å². The second kappa shape index (κ2) is 11.6. The molecule has 54 heavy (non-hydrogen) atoms. The molecule has 256 valence electrons. The first-order valence-electron chi connectivity index (χ1n) is 18.8. The fraction of sp³-hybridized carbons (Fsp3) is 0.0588. The maximum absolute atomic E-state index is 2.47. The number of para-hydroxylation sites is 4. The van der Waals surface area contributed by atoms with Crippen molar-refractivity contribution in [2.24, 2.45) is 0 Å². The van der Waals surface area contributed by atoms with Gasteiger partial charge >= 0.3 is 0 Å². The van der Waals surface area contributed by atoms with E-state index < -0.39 is 0 Å². The summed E-state index contributed by atoms with van der Waals surface area (Å²) < 4.78 is 4.88. The van der Waals surface area contributed by atoms with E-state index in [4.69, 9.17) is 0 Å². The van der Waals surface area contributed by atoms with Crippen molar-refractivity contribution in [1.29, 1.82) is 0 Å². The van der Waals surface area contributed by atoms with Crippen molar-refractivity contribution < 1.29 is 0 Å². The summed E-state index contributed by atoms with van der Waals surface area (Å²) in [6.07, 6.45) is 0. The van der Waals surface area contributed by atoms with E-state index in [0.29, 0.717) is 0 Å². The monoisotopic (exact) mass is 691 g/mol. The molecule has 0 bridgehead atoms. The Kier molecular flexibility index (Phi) is 6.60. The Hall–Kier alpha value is -6.84. The average molecular weight is 692 g/mol. The Labute approximate surface area is 314 Å². The van der Waals surface area contributed by atoms with Crippen LogP contribution < -0.4 is 4.90 Å². The van der Waals surface area contributed by atoms with Gasteiger partial charge in [-0.15, -0.1) is 0 Å². The van der Waals surface area contributed by atoms with E-state index in [1.165, 1.54) is 65.9 Å². The molecule has 0 radical (unpaired) electrons. The van der Waals surface area contributed by atoms with Gasteiger partial charge in [0, 0.05) is 55.4 Å². The SMILES string of the molecule is CC1(C)c2ccccc2-c2ccc(N(c3ccccc3)c3ccc(-n4c5ccccc5c5ccc6c(c7ccccc7n6-c6ccccc6)c54)cc3)cc21. The minimum atomic E-state index is -0.0837. The molecular weight excluding hydrogens is 655 g/mol. The van der Waals surface area contributed by atoms with E-state index in [9.17, 15) is 0 Å². The topological polar surface area (TPSA) is 13.1 Å². The summed E-state index contributed by atoms with van der Waals surface area (Å²) in [6.45, 7) is 4.70. The van der Waals surface area contributed by atoms with Crippen molar-refractivity contribution in [3.63, 3.8) is 0 Å². The van der Waals surface area contributed by atoms with E-state index in [1.54, 1.807) is 0 Å². The predicted octanol–water partition coefficient (Wildman–Crippen LogP) is 13.7. The van der Waals surface area contributed by atoms with Crippen LogP contribution in [0.2, 0.25) is 0 Å². The van der Waals surface area contributed by atoms with Crippen molar-refractivity contribution >= 4 is 60.7 Å². The Morgan fingerprint density at radius 2 is 0.963 bits per heavy atom. The van der Waals surface area contributed by atoms with Crippen molar-refractivity contribution in [2.75, 3.05) is 4.90 Å². The van der Waals surface area contributed by atoms with Gasteiger partial charge in [-0.25, -0.2) is 0 Å². The lowest BCUT2D eigenvalue weighted by Crippen LogP contribution is -2.16. The normalized spacial score (nSPS) is 13.1. The number of aromatic nitrogens is 2. The third-order valence-corrected chi connectivity index (χ3v) is 11.7. The molecule has 10 aromatic rings. The zero-order valence-corrected chi connectivity index (χ0v) is 30.2. The van der Waals surface area contributed by atoms with Crippen LogP contribution in [0.15, 0.2) is 188 Å². The Balaban J connectivity index is 1.12. The Bertz CT molecular complexity index is 3060. The molecule has 3 heteroatoms. The summed E-state index contributed by atoms with van der Waals surface area (Å²) in [6, 6.07) is 68.7. The summed E-state index contributed by atoms with van der Waals surface area (Å²) in [5.74, 6) is 0. The first-order chi connectivity index (χ1) is 26.6. The molecule has 11 rings (SSSR count).